The van der Waals surface area contributed by atoms with E-state index >= 15 is 0 Å². The molecule has 1 fully saturated rings. The lowest BCUT2D eigenvalue weighted by Gasteiger charge is -2.13. The summed E-state index contributed by atoms with van der Waals surface area (Å²) in [5.74, 6) is -3.49. The Bertz CT molecular complexity index is 559. The molecule has 1 amide bonds. The first-order valence-corrected chi connectivity index (χ1v) is 6.14. The van der Waals surface area contributed by atoms with Crippen LogP contribution >= 0.6 is 0 Å². The van der Waals surface area contributed by atoms with Gasteiger partial charge in [0.15, 0.2) is 6.10 Å². The molecular formula is C13H14F2N2O3. The van der Waals surface area contributed by atoms with Gasteiger partial charge in [-0.25, -0.2) is 13.6 Å². The van der Waals surface area contributed by atoms with E-state index in [4.69, 9.17) is 10.5 Å². The number of hydrogen-bond acceptors (Lipinski definition) is 4. The Morgan fingerprint density at radius 3 is 2.60 bits per heavy atom. The summed E-state index contributed by atoms with van der Waals surface area (Å²) in [5, 5.41) is 2.64. The molecule has 0 radical (unpaired) electrons. The molecule has 3 N–H and O–H groups in total. The molecule has 7 heteroatoms. The van der Waals surface area contributed by atoms with Crippen molar-refractivity contribution in [3.63, 3.8) is 0 Å². The van der Waals surface area contributed by atoms with Gasteiger partial charge >= 0.3 is 5.97 Å². The molecule has 1 saturated carbocycles. The zero-order chi connectivity index (χ0) is 14.9. The molecule has 0 saturated heterocycles. The van der Waals surface area contributed by atoms with E-state index in [1.807, 2.05) is 0 Å². The first-order valence-electron chi connectivity index (χ1n) is 6.14. The average Bonchev–Trinajstić information content (AvgIpc) is 3.17. The van der Waals surface area contributed by atoms with Crippen LogP contribution < -0.4 is 11.1 Å². The van der Waals surface area contributed by atoms with Crippen LogP contribution in [0.1, 0.15) is 30.1 Å². The summed E-state index contributed by atoms with van der Waals surface area (Å²) in [5.41, 5.74) is 4.17. The third kappa shape index (κ3) is 3.23. The predicted octanol–water partition coefficient (Wildman–Crippen LogP) is 1.37. The fraction of sp³-hybridized carbons (Fsp3) is 0.385. The molecule has 1 aliphatic carbocycles. The molecule has 1 aromatic rings. The van der Waals surface area contributed by atoms with Crippen LogP contribution in [0.5, 0.6) is 0 Å². The first-order chi connectivity index (χ1) is 9.38. The van der Waals surface area contributed by atoms with Gasteiger partial charge in [-0.2, -0.15) is 0 Å². The minimum Gasteiger partial charge on any atom is -0.449 e. The number of carbonyl (C=O) groups is 2. The Morgan fingerprint density at radius 2 is 2.00 bits per heavy atom. The molecular weight excluding hydrogens is 270 g/mol. The Hall–Kier alpha value is -2.18. The van der Waals surface area contributed by atoms with E-state index in [0.717, 1.165) is 12.8 Å². The van der Waals surface area contributed by atoms with Gasteiger partial charge in [0.05, 0.1) is 11.3 Å². The second-order valence-corrected chi connectivity index (χ2v) is 4.68. The lowest BCUT2D eigenvalue weighted by atomic mass is 10.2. The van der Waals surface area contributed by atoms with E-state index in [9.17, 15) is 18.4 Å². The molecule has 0 spiro atoms. The van der Waals surface area contributed by atoms with Crippen molar-refractivity contribution in [1.29, 1.82) is 0 Å². The smallest absolute Gasteiger partial charge is 0.342 e. The topological polar surface area (TPSA) is 81.4 Å². The normalized spacial score (nSPS) is 15.6. The van der Waals surface area contributed by atoms with E-state index in [1.165, 1.54) is 6.92 Å². The highest BCUT2D eigenvalue weighted by Crippen LogP contribution is 2.20. The summed E-state index contributed by atoms with van der Waals surface area (Å²) in [4.78, 5) is 23.3. The molecule has 0 aliphatic heterocycles. The maximum atomic E-state index is 13.5. The Balaban J connectivity index is 2.03. The van der Waals surface area contributed by atoms with Gasteiger partial charge in [-0.3, -0.25) is 4.79 Å². The molecule has 0 heterocycles. The summed E-state index contributed by atoms with van der Waals surface area (Å²) >= 11 is 0. The third-order valence-corrected chi connectivity index (χ3v) is 2.88. The van der Waals surface area contributed by atoms with Gasteiger partial charge in [0.1, 0.15) is 11.6 Å². The number of esters is 1. The van der Waals surface area contributed by atoms with E-state index in [0.29, 0.717) is 12.1 Å². The average molecular weight is 284 g/mol. The van der Waals surface area contributed by atoms with Gasteiger partial charge in [0.2, 0.25) is 0 Å². The molecule has 5 nitrogen and oxygen atoms in total. The highest BCUT2D eigenvalue weighted by atomic mass is 19.1. The summed E-state index contributed by atoms with van der Waals surface area (Å²) in [6, 6.07) is 1.47. The Morgan fingerprint density at radius 1 is 1.35 bits per heavy atom. The first kappa shape index (κ1) is 14.2. The van der Waals surface area contributed by atoms with Crippen molar-refractivity contribution in [3.8, 4) is 0 Å². The van der Waals surface area contributed by atoms with E-state index in [-0.39, 0.29) is 6.04 Å². The van der Waals surface area contributed by atoms with Crippen molar-refractivity contribution in [2.75, 3.05) is 5.73 Å². The number of hydrogen-bond donors (Lipinski definition) is 2. The highest BCUT2D eigenvalue weighted by molar-refractivity contribution is 5.92. The number of halogens is 2. The van der Waals surface area contributed by atoms with Gasteiger partial charge in [0, 0.05) is 12.1 Å². The summed E-state index contributed by atoms with van der Waals surface area (Å²) in [6.07, 6.45) is 0.706. The number of ether oxygens (including phenoxy) is 1. The molecule has 0 aromatic heterocycles. The lowest BCUT2D eigenvalue weighted by Crippen LogP contribution is -2.37. The number of nitrogen functional groups attached to an aromatic ring is 1. The van der Waals surface area contributed by atoms with Crippen LogP contribution in [0.3, 0.4) is 0 Å². The molecule has 108 valence electrons. The number of nitrogens with one attached hydrogen (secondary N) is 1. The zero-order valence-corrected chi connectivity index (χ0v) is 10.8. The lowest BCUT2D eigenvalue weighted by molar-refractivity contribution is -0.129. The molecule has 1 atom stereocenters. The molecule has 20 heavy (non-hydrogen) atoms. The maximum absolute atomic E-state index is 13.5. The van der Waals surface area contributed by atoms with E-state index < -0.39 is 40.9 Å². The van der Waals surface area contributed by atoms with E-state index in [2.05, 4.69) is 5.32 Å². The fourth-order valence-electron chi connectivity index (χ4n) is 1.54. The van der Waals surface area contributed by atoms with Crippen LogP contribution in [0.25, 0.3) is 0 Å². The van der Waals surface area contributed by atoms with Crippen molar-refractivity contribution >= 4 is 17.6 Å². The van der Waals surface area contributed by atoms with E-state index in [1.54, 1.807) is 0 Å². The summed E-state index contributed by atoms with van der Waals surface area (Å²) in [6.45, 7) is 1.36. The Labute approximate surface area is 114 Å². The second-order valence-electron chi connectivity index (χ2n) is 4.68. The zero-order valence-electron chi connectivity index (χ0n) is 10.8. The van der Waals surface area contributed by atoms with Crippen LogP contribution in [0.2, 0.25) is 0 Å². The number of anilines is 1. The minimum absolute atomic E-state index is 0.120. The fourth-order valence-corrected chi connectivity index (χ4v) is 1.54. The molecule has 1 unspecified atom stereocenters. The highest BCUT2D eigenvalue weighted by Gasteiger charge is 2.28. The van der Waals surface area contributed by atoms with Crippen LogP contribution in [-0.2, 0) is 9.53 Å². The quantitative estimate of drug-likeness (QED) is 0.646. The van der Waals surface area contributed by atoms with Crippen molar-refractivity contribution in [2.24, 2.45) is 0 Å². The predicted molar refractivity (Wildman–Crippen MR) is 66.8 cm³/mol. The second kappa shape index (κ2) is 5.44. The van der Waals surface area contributed by atoms with Gasteiger partial charge in [-0.05, 0) is 25.8 Å². The van der Waals surface area contributed by atoms with Crippen LogP contribution in [-0.4, -0.2) is 24.0 Å². The molecule has 0 bridgehead atoms. The number of benzene rings is 1. The number of carbonyl (C=O) groups excluding carboxylic acids is 2. The monoisotopic (exact) mass is 284 g/mol. The van der Waals surface area contributed by atoms with Crippen molar-refractivity contribution in [3.05, 3.63) is 29.3 Å². The van der Waals surface area contributed by atoms with Crippen LogP contribution in [0.4, 0.5) is 14.5 Å². The minimum atomic E-state index is -1.11. The van der Waals surface area contributed by atoms with Crippen molar-refractivity contribution in [2.45, 2.75) is 31.9 Å². The molecule has 1 aromatic carbocycles. The number of amides is 1. The SMILES string of the molecule is CC(OC(=O)c1cc(F)c(N)cc1F)C(=O)NC1CC1. The molecule has 1 aliphatic rings. The summed E-state index contributed by atoms with van der Waals surface area (Å²) in [7, 11) is 0. The van der Waals surface area contributed by atoms with Crippen LogP contribution in [0, 0.1) is 11.6 Å². The maximum Gasteiger partial charge on any atom is 0.342 e. The third-order valence-electron chi connectivity index (χ3n) is 2.88. The largest absolute Gasteiger partial charge is 0.449 e. The number of rotatable bonds is 4. The number of nitrogens with two attached hydrogens (primary N) is 1. The van der Waals surface area contributed by atoms with Gasteiger partial charge in [-0.15, -0.1) is 0 Å². The van der Waals surface area contributed by atoms with Crippen molar-refractivity contribution < 1.29 is 23.1 Å². The van der Waals surface area contributed by atoms with Gasteiger partial charge in [0.25, 0.3) is 5.91 Å². The van der Waals surface area contributed by atoms with Gasteiger partial charge < -0.3 is 15.8 Å². The van der Waals surface area contributed by atoms with Crippen LogP contribution in [0.15, 0.2) is 12.1 Å². The molecule has 2 rings (SSSR count). The van der Waals surface area contributed by atoms with Gasteiger partial charge in [-0.1, -0.05) is 0 Å². The summed E-state index contributed by atoms with van der Waals surface area (Å²) < 4.78 is 31.5. The Kier molecular flexibility index (Phi) is 3.87. The van der Waals surface area contributed by atoms with Crippen molar-refractivity contribution in [1.82, 2.24) is 5.32 Å². The standard InChI is InChI=1S/C13H14F2N2O3/c1-6(12(18)17-7-2-3-7)20-13(19)8-4-10(15)11(16)5-9(8)14/h4-7H,2-3,16H2,1H3,(H,17,18).